The van der Waals surface area contributed by atoms with Crippen molar-refractivity contribution < 1.29 is 0 Å². The van der Waals surface area contributed by atoms with Gasteiger partial charge in [-0.05, 0) is 0 Å². The van der Waals surface area contributed by atoms with Crippen LogP contribution < -0.4 is 0 Å². The van der Waals surface area contributed by atoms with E-state index in [4.69, 9.17) is 0 Å². The molecule has 0 atom stereocenters. The molecule has 1 fully saturated rings. The standard InChI is InChI=1S/C4H8S6/c5-4(6,7)3-9-1-8-2-10-3/h3,5-7H,1-2H2. The highest BCUT2D eigenvalue weighted by atomic mass is 32.3. The molecule has 1 aliphatic rings. The molecule has 1 saturated heterocycles. The van der Waals surface area contributed by atoms with E-state index in [0.717, 1.165) is 10.2 Å². The molecule has 60 valence electrons. The summed E-state index contributed by atoms with van der Waals surface area (Å²) in [6, 6.07) is 0. The lowest BCUT2D eigenvalue weighted by molar-refractivity contribution is 1.31. The second-order valence-corrected chi connectivity index (χ2v) is 9.17. The van der Waals surface area contributed by atoms with Crippen LogP contribution in [0.5, 0.6) is 0 Å². The highest BCUT2D eigenvalue weighted by Crippen LogP contribution is 2.47. The van der Waals surface area contributed by atoms with Crippen LogP contribution in [-0.4, -0.2) is 18.2 Å². The quantitative estimate of drug-likeness (QED) is 0.483. The highest BCUT2D eigenvalue weighted by molar-refractivity contribution is 8.34. The van der Waals surface area contributed by atoms with E-state index < -0.39 is 3.41 Å². The molecule has 6 heteroatoms. The summed E-state index contributed by atoms with van der Waals surface area (Å²) in [5.74, 6) is 0. The van der Waals surface area contributed by atoms with Gasteiger partial charge in [-0.25, -0.2) is 0 Å². The summed E-state index contributed by atoms with van der Waals surface area (Å²) in [6.45, 7) is 0. The van der Waals surface area contributed by atoms with Crippen molar-refractivity contribution in [3.63, 3.8) is 0 Å². The van der Waals surface area contributed by atoms with Gasteiger partial charge in [-0.2, -0.15) is 0 Å². The first kappa shape index (κ1) is 10.2. The second kappa shape index (κ2) is 4.37. The Kier molecular flexibility index (Phi) is 4.45. The minimum atomic E-state index is -0.434. The minimum Gasteiger partial charge on any atom is -0.149 e. The van der Waals surface area contributed by atoms with E-state index in [0.29, 0.717) is 4.58 Å². The van der Waals surface area contributed by atoms with Crippen LogP contribution in [0, 0.1) is 0 Å². The van der Waals surface area contributed by atoms with Gasteiger partial charge in [0.1, 0.15) is 3.41 Å². The zero-order valence-corrected chi connectivity index (χ0v) is 10.2. The van der Waals surface area contributed by atoms with Crippen LogP contribution >= 0.6 is 73.2 Å². The largest absolute Gasteiger partial charge is 0.149 e. The summed E-state index contributed by atoms with van der Waals surface area (Å²) in [6.07, 6.45) is 0. The van der Waals surface area contributed by atoms with Crippen molar-refractivity contribution in [3.8, 4) is 0 Å². The van der Waals surface area contributed by atoms with Crippen molar-refractivity contribution in [1.82, 2.24) is 0 Å². The Morgan fingerprint density at radius 2 is 1.60 bits per heavy atom. The van der Waals surface area contributed by atoms with E-state index in [2.05, 4.69) is 37.9 Å². The van der Waals surface area contributed by atoms with Crippen molar-refractivity contribution in [1.29, 1.82) is 0 Å². The number of rotatable bonds is 1. The van der Waals surface area contributed by atoms with Gasteiger partial charge >= 0.3 is 0 Å². The SMILES string of the molecule is SC(S)(S)C1SCSCS1. The van der Waals surface area contributed by atoms with Crippen molar-refractivity contribution >= 4 is 73.2 Å². The molecule has 0 aromatic rings. The summed E-state index contributed by atoms with van der Waals surface area (Å²) in [7, 11) is 0. The maximum absolute atomic E-state index is 4.28. The maximum Gasteiger partial charge on any atom is 0.119 e. The van der Waals surface area contributed by atoms with Crippen molar-refractivity contribution in [2.75, 3.05) is 10.2 Å². The van der Waals surface area contributed by atoms with E-state index in [1.165, 1.54) is 0 Å². The Morgan fingerprint density at radius 3 is 1.90 bits per heavy atom. The molecule has 0 unspecified atom stereocenters. The fourth-order valence-corrected chi connectivity index (χ4v) is 6.34. The molecule has 0 bridgehead atoms. The first-order valence-electron chi connectivity index (χ1n) is 2.59. The third-order valence-electron chi connectivity index (χ3n) is 0.922. The van der Waals surface area contributed by atoms with E-state index >= 15 is 0 Å². The summed E-state index contributed by atoms with van der Waals surface area (Å²) >= 11 is 18.5. The predicted octanol–water partition coefficient (Wildman–Crippen LogP) is 2.88. The molecule has 1 aliphatic heterocycles. The van der Waals surface area contributed by atoms with E-state index in [9.17, 15) is 0 Å². The van der Waals surface area contributed by atoms with Gasteiger partial charge in [-0.3, -0.25) is 0 Å². The topological polar surface area (TPSA) is 0 Å². The van der Waals surface area contributed by atoms with Crippen molar-refractivity contribution in [2.45, 2.75) is 7.99 Å². The first-order chi connectivity index (χ1) is 4.61. The lowest BCUT2D eigenvalue weighted by atomic mass is 10.9. The number of thiol groups is 3. The van der Waals surface area contributed by atoms with Gasteiger partial charge in [0.25, 0.3) is 0 Å². The molecule has 0 amide bonds. The lowest BCUT2D eigenvalue weighted by Gasteiger charge is -2.29. The highest BCUT2D eigenvalue weighted by Gasteiger charge is 2.30. The van der Waals surface area contributed by atoms with Crippen LogP contribution in [0.4, 0.5) is 0 Å². The molecule has 0 aromatic carbocycles. The Bertz CT molecular complexity index is 101. The van der Waals surface area contributed by atoms with Crippen LogP contribution in [0.25, 0.3) is 0 Å². The monoisotopic (exact) mass is 248 g/mol. The predicted molar refractivity (Wildman–Crippen MR) is 66.0 cm³/mol. The van der Waals surface area contributed by atoms with E-state index in [-0.39, 0.29) is 0 Å². The molecule has 0 nitrogen and oxygen atoms in total. The summed E-state index contributed by atoms with van der Waals surface area (Å²) in [4.78, 5) is 0. The molecule has 0 spiro atoms. The second-order valence-electron chi connectivity index (χ2n) is 1.79. The average molecular weight is 249 g/mol. The average Bonchev–Trinajstić information content (AvgIpc) is 1.88. The molecule has 0 N–H and O–H groups in total. The van der Waals surface area contributed by atoms with Gasteiger partial charge in [-0.15, -0.1) is 73.2 Å². The summed E-state index contributed by atoms with van der Waals surface area (Å²) < 4.78 is -0.0280. The number of hydrogen-bond donors (Lipinski definition) is 3. The molecular formula is C4H8S6. The molecule has 0 aromatic heterocycles. The van der Waals surface area contributed by atoms with Gasteiger partial charge in [0.15, 0.2) is 0 Å². The summed E-state index contributed by atoms with van der Waals surface area (Å²) in [5, 5.41) is 2.28. The van der Waals surface area contributed by atoms with Crippen LogP contribution in [0.3, 0.4) is 0 Å². The van der Waals surface area contributed by atoms with Gasteiger partial charge < -0.3 is 0 Å². The zero-order chi connectivity index (χ0) is 7.61. The van der Waals surface area contributed by atoms with E-state index in [1.807, 2.05) is 35.3 Å². The van der Waals surface area contributed by atoms with Crippen molar-refractivity contribution in [2.24, 2.45) is 0 Å². The molecule has 1 rings (SSSR count). The van der Waals surface area contributed by atoms with Crippen molar-refractivity contribution in [3.05, 3.63) is 0 Å². The molecule has 0 radical (unpaired) electrons. The third kappa shape index (κ3) is 3.23. The first-order valence-corrected chi connectivity index (χ1v) is 7.18. The molecule has 0 saturated carbocycles. The molecular weight excluding hydrogens is 240 g/mol. The van der Waals surface area contributed by atoms with Gasteiger partial charge in [0.2, 0.25) is 0 Å². The smallest absolute Gasteiger partial charge is 0.119 e. The molecule has 10 heavy (non-hydrogen) atoms. The Balaban J connectivity index is 2.39. The Hall–Kier alpha value is 2.10. The normalized spacial score (nSPS) is 23.1. The molecule has 1 heterocycles. The number of hydrogen-bond acceptors (Lipinski definition) is 6. The minimum absolute atomic E-state index is 0.406. The zero-order valence-electron chi connectivity index (χ0n) is 5.06. The van der Waals surface area contributed by atoms with Gasteiger partial charge in [0, 0.05) is 10.2 Å². The third-order valence-corrected chi connectivity index (χ3v) is 7.30. The molecule has 0 aliphatic carbocycles. The maximum atomic E-state index is 4.28. The number of thioether (sulfide) groups is 3. The lowest BCUT2D eigenvalue weighted by Crippen LogP contribution is -2.21. The van der Waals surface area contributed by atoms with Crippen LogP contribution in [0.1, 0.15) is 0 Å². The van der Waals surface area contributed by atoms with Crippen LogP contribution in [0.2, 0.25) is 0 Å². The van der Waals surface area contributed by atoms with E-state index in [1.54, 1.807) is 0 Å². The fourth-order valence-electron chi connectivity index (χ4n) is 0.526. The van der Waals surface area contributed by atoms with Gasteiger partial charge in [-0.1, -0.05) is 0 Å². The Morgan fingerprint density at radius 1 is 1.10 bits per heavy atom. The van der Waals surface area contributed by atoms with Crippen LogP contribution in [0.15, 0.2) is 0 Å². The van der Waals surface area contributed by atoms with Gasteiger partial charge in [0.05, 0.1) is 4.58 Å². The summed E-state index contributed by atoms with van der Waals surface area (Å²) in [5.41, 5.74) is 0. The Labute approximate surface area is 90.7 Å². The van der Waals surface area contributed by atoms with Crippen LogP contribution in [-0.2, 0) is 0 Å². The fraction of sp³-hybridized carbons (Fsp3) is 1.00.